The molecular formula is C7H8N2. The fourth-order valence-corrected chi connectivity index (χ4v) is 0.583. The van der Waals surface area contributed by atoms with E-state index in [-0.39, 0.29) is 0 Å². The van der Waals surface area contributed by atoms with Gasteiger partial charge >= 0.3 is 0 Å². The molecule has 1 aromatic rings. The summed E-state index contributed by atoms with van der Waals surface area (Å²) in [5.74, 6) is 0. The molecule has 0 saturated carbocycles. The van der Waals surface area contributed by atoms with E-state index in [2.05, 4.69) is 16.5 Å². The summed E-state index contributed by atoms with van der Waals surface area (Å²) < 4.78 is 0. The van der Waals surface area contributed by atoms with Crippen molar-refractivity contribution < 1.29 is 0 Å². The van der Waals surface area contributed by atoms with E-state index in [0.29, 0.717) is 0 Å². The van der Waals surface area contributed by atoms with Crippen molar-refractivity contribution >= 4 is 0 Å². The van der Waals surface area contributed by atoms with Gasteiger partial charge in [-0.15, -0.1) is 6.58 Å². The van der Waals surface area contributed by atoms with Crippen molar-refractivity contribution in [3.8, 4) is 0 Å². The Bertz CT molecular complexity index is 181. The minimum Gasteiger partial charge on any atom is -0.261 e. The first-order chi connectivity index (χ1) is 4.43. The quantitative estimate of drug-likeness (QED) is 0.548. The van der Waals surface area contributed by atoms with Crippen molar-refractivity contribution in [3.05, 3.63) is 36.9 Å². The first kappa shape index (κ1) is 5.95. The summed E-state index contributed by atoms with van der Waals surface area (Å²) in [6, 6.07) is 0. The van der Waals surface area contributed by atoms with Crippen LogP contribution in [0.4, 0.5) is 0 Å². The summed E-state index contributed by atoms with van der Waals surface area (Å²) in [7, 11) is 0. The molecule has 1 rings (SSSR count). The molecule has 9 heavy (non-hydrogen) atoms. The van der Waals surface area contributed by atoms with Gasteiger partial charge in [-0.05, 0) is 0 Å². The normalized spacial score (nSPS) is 8.89. The lowest BCUT2D eigenvalue weighted by atomic mass is 10.3. The van der Waals surface area contributed by atoms with Gasteiger partial charge in [0, 0.05) is 25.0 Å². The highest BCUT2D eigenvalue weighted by Gasteiger charge is 1.85. The molecule has 0 spiro atoms. The van der Waals surface area contributed by atoms with Crippen LogP contribution < -0.4 is 0 Å². The summed E-state index contributed by atoms with van der Waals surface area (Å²) in [6.07, 6.45) is 7.69. The molecule has 0 aliphatic carbocycles. The van der Waals surface area contributed by atoms with Crippen LogP contribution in [0, 0.1) is 0 Å². The highest BCUT2D eigenvalue weighted by Crippen LogP contribution is 1.90. The zero-order chi connectivity index (χ0) is 6.53. The molecule has 0 unspecified atom stereocenters. The van der Waals surface area contributed by atoms with Crippen molar-refractivity contribution in [3.63, 3.8) is 0 Å². The van der Waals surface area contributed by atoms with Gasteiger partial charge in [-0.2, -0.15) is 0 Å². The lowest BCUT2D eigenvalue weighted by molar-refractivity contribution is 1.06. The first-order valence-corrected chi connectivity index (χ1v) is 2.79. The number of allylic oxidation sites excluding steroid dienone is 1. The molecule has 2 nitrogen and oxygen atoms in total. The molecule has 1 heterocycles. The van der Waals surface area contributed by atoms with Crippen molar-refractivity contribution in [1.82, 2.24) is 9.97 Å². The van der Waals surface area contributed by atoms with Crippen LogP contribution in [0.2, 0.25) is 0 Å². The van der Waals surface area contributed by atoms with Gasteiger partial charge in [0.25, 0.3) is 0 Å². The minimum absolute atomic E-state index is 0.799. The molecule has 1 aromatic heterocycles. The second kappa shape index (κ2) is 2.97. The smallest absolute Gasteiger partial charge is 0.0624 e. The zero-order valence-electron chi connectivity index (χ0n) is 5.12. The maximum atomic E-state index is 4.03. The van der Waals surface area contributed by atoms with Crippen LogP contribution >= 0.6 is 0 Å². The standard InChI is InChI=1S/C7H8N2/c1-2-3-7-6-8-4-5-9-7/h2,4-6H,1,3H2. The number of hydrogen-bond donors (Lipinski definition) is 0. The van der Waals surface area contributed by atoms with Crippen molar-refractivity contribution in [1.29, 1.82) is 0 Å². The fourth-order valence-electron chi connectivity index (χ4n) is 0.583. The Morgan fingerprint density at radius 1 is 1.56 bits per heavy atom. The van der Waals surface area contributed by atoms with Crippen LogP contribution in [0.25, 0.3) is 0 Å². The van der Waals surface area contributed by atoms with Gasteiger partial charge in [0.2, 0.25) is 0 Å². The first-order valence-electron chi connectivity index (χ1n) is 2.79. The average molecular weight is 120 g/mol. The number of nitrogens with zero attached hydrogens (tertiary/aromatic N) is 2. The van der Waals surface area contributed by atoms with Crippen LogP contribution in [0.5, 0.6) is 0 Å². The van der Waals surface area contributed by atoms with Crippen LogP contribution in [-0.4, -0.2) is 9.97 Å². The van der Waals surface area contributed by atoms with Gasteiger partial charge in [0.05, 0.1) is 5.69 Å². The maximum absolute atomic E-state index is 4.03. The van der Waals surface area contributed by atoms with Crippen LogP contribution in [0.15, 0.2) is 31.2 Å². The number of hydrogen-bond acceptors (Lipinski definition) is 2. The lowest BCUT2D eigenvalue weighted by Crippen LogP contribution is -1.85. The SMILES string of the molecule is C=CCc1cnccn1. The van der Waals surface area contributed by atoms with Gasteiger partial charge in [0.15, 0.2) is 0 Å². The Morgan fingerprint density at radius 3 is 3.00 bits per heavy atom. The Labute approximate surface area is 54.3 Å². The molecule has 0 atom stereocenters. The molecule has 0 aliphatic rings. The summed E-state index contributed by atoms with van der Waals surface area (Å²) in [6.45, 7) is 3.59. The molecule has 0 saturated heterocycles. The third-order valence-corrected chi connectivity index (χ3v) is 0.970. The topological polar surface area (TPSA) is 25.8 Å². The lowest BCUT2D eigenvalue weighted by Gasteiger charge is -1.89. The molecule has 2 heteroatoms. The van der Waals surface area contributed by atoms with Crippen molar-refractivity contribution in [2.24, 2.45) is 0 Å². The molecule has 0 bridgehead atoms. The van der Waals surface area contributed by atoms with E-state index in [1.807, 2.05) is 6.08 Å². The Hall–Kier alpha value is -1.18. The maximum Gasteiger partial charge on any atom is 0.0624 e. The van der Waals surface area contributed by atoms with E-state index in [9.17, 15) is 0 Å². The van der Waals surface area contributed by atoms with Gasteiger partial charge in [-0.3, -0.25) is 9.97 Å². The molecule has 0 amide bonds. The summed E-state index contributed by atoms with van der Waals surface area (Å²) in [5.41, 5.74) is 0.965. The average Bonchev–Trinajstić information content (AvgIpc) is 1.91. The predicted octanol–water partition coefficient (Wildman–Crippen LogP) is 1.21. The highest BCUT2D eigenvalue weighted by molar-refractivity contribution is 4.99. The molecule has 0 radical (unpaired) electrons. The largest absolute Gasteiger partial charge is 0.261 e. The van der Waals surface area contributed by atoms with E-state index in [1.54, 1.807) is 18.6 Å². The third kappa shape index (κ3) is 1.64. The molecule has 46 valence electrons. The Balaban J connectivity index is 2.72. The minimum atomic E-state index is 0.799. The summed E-state index contributed by atoms with van der Waals surface area (Å²) in [4.78, 5) is 7.93. The van der Waals surface area contributed by atoms with Crippen LogP contribution in [0.1, 0.15) is 5.69 Å². The molecule has 0 fully saturated rings. The van der Waals surface area contributed by atoms with E-state index in [4.69, 9.17) is 0 Å². The molecule has 0 N–H and O–H groups in total. The van der Waals surface area contributed by atoms with Crippen LogP contribution in [-0.2, 0) is 6.42 Å². The monoisotopic (exact) mass is 120 g/mol. The Kier molecular flexibility index (Phi) is 1.96. The van der Waals surface area contributed by atoms with E-state index in [1.165, 1.54) is 0 Å². The van der Waals surface area contributed by atoms with E-state index >= 15 is 0 Å². The number of rotatable bonds is 2. The summed E-state index contributed by atoms with van der Waals surface area (Å²) in [5, 5.41) is 0. The van der Waals surface area contributed by atoms with Gasteiger partial charge < -0.3 is 0 Å². The highest BCUT2D eigenvalue weighted by atomic mass is 14.8. The Morgan fingerprint density at radius 2 is 2.44 bits per heavy atom. The third-order valence-electron chi connectivity index (χ3n) is 0.970. The molecule has 0 aromatic carbocycles. The van der Waals surface area contributed by atoms with E-state index in [0.717, 1.165) is 12.1 Å². The van der Waals surface area contributed by atoms with Gasteiger partial charge in [-0.1, -0.05) is 6.08 Å². The second-order valence-corrected chi connectivity index (χ2v) is 1.69. The second-order valence-electron chi connectivity index (χ2n) is 1.69. The van der Waals surface area contributed by atoms with E-state index < -0.39 is 0 Å². The van der Waals surface area contributed by atoms with Gasteiger partial charge in [0.1, 0.15) is 0 Å². The summed E-state index contributed by atoms with van der Waals surface area (Å²) >= 11 is 0. The molecular weight excluding hydrogens is 112 g/mol. The molecule has 0 aliphatic heterocycles. The fraction of sp³-hybridized carbons (Fsp3) is 0.143. The number of aromatic nitrogens is 2. The van der Waals surface area contributed by atoms with Gasteiger partial charge in [-0.25, -0.2) is 0 Å². The van der Waals surface area contributed by atoms with Crippen molar-refractivity contribution in [2.45, 2.75) is 6.42 Å². The van der Waals surface area contributed by atoms with Crippen molar-refractivity contribution in [2.75, 3.05) is 0 Å². The zero-order valence-corrected chi connectivity index (χ0v) is 5.12. The van der Waals surface area contributed by atoms with Crippen LogP contribution in [0.3, 0.4) is 0 Å². The predicted molar refractivity (Wildman–Crippen MR) is 35.9 cm³/mol.